The third-order valence-corrected chi connectivity index (χ3v) is 18.0. The van der Waals surface area contributed by atoms with E-state index >= 15 is 17.6 Å². The molecule has 2 atom stereocenters. The summed E-state index contributed by atoms with van der Waals surface area (Å²) in [7, 11) is 0. The Kier molecular flexibility index (Phi) is 8.11. The molecule has 4 aliphatic carbocycles. The maximum atomic E-state index is 16.9. The molecule has 0 saturated heterocycles. The third kappa shape index (κ3) is 4.96. The van der Waals surface area contributed by atoms with Crippen LogP contribution < -0.4 is 17.2 Å². The molecule has 43 heavy (non-hydrogen) atoms. The van der Waals surface area contributed by atoms with Gasteiger partial charge in [-0.05, 0) is 0 Å². The summed E-state index contributed by atoms with van der Waals surface area (Å²) in [6, 6.07) is 4.12. The van der Waals surface area contributed by atoms with Crippen molar-refractivity contribution in [1.29, 1.82) is 0 Å². The molecular weight excluding hydrogens is 596 g/mol. The van der Waals surface area contributed by atoms with Crippen molar-refractivity contribution < 1.29 is 53.2 Å². The summed E-state index contributed by atoms with van der Waals surface area (Å²) in [5, 5.41) is 0. The number of ether oxygens (including phenoxy) is 2. The topological polar surface area (TPSA) is 52.6 Å². The Morgan fingerprint density at radius 1 is 0.651 bits per heavy atom. The number of rotatable bonds is 6. The van der Waals surface area contributed by atoms with E-state index in [0.29, 0.717) is 12.8 Å². The molecule has 2 unspecified atom stereocenters. The van der Waals surface area contributed by atoms with Gasteiger partial charge in [-0.2, -0.15) is 0 Å². The van der Waals surface area contributed by atoms with Gasteiger partial charge in [-0.15, -0.1) is 0 Å². The number of hydrogen-bond donors (Lipinski definition) is 0. The molecule has 0 aliphatic heterocycles. The number of esters is 2. The van der Waals surface area contributed by atoms with E-state index in [2.05, 4.69) is 0 Å². The minimum atomic E-state index is -5.24. The fourth-order valence-corrected chi connectivity index (χ4v) is 17.7. The summed E-state index contributed by atoms with van der Waals surface area (Å²) in [6.45, 7) is 2.22. The molecular formula is C34H32F4O4Ti. The number of benzene rings is 2. The van der Waals surface area contributed by atoms with Gasteiger partial charge in [0.2, 0.25) is 0 Å². The van der Waals surface area contributed by atoms with Crippen LogP contribution in [0.3, 0.4) is 0 Å². The molecule has 0 N–H and O–H groups in total. The summed E-state index contributed by atoms with van der Waals surface area (Å²) in [6.07, 6.45) is 14.1. The quantitative estimate of drug-likeness (QED) is 0.143. The molecule has 0 saturated carbocycles. The van der Waals surface area contributed by atoms with Gasteiger partial charge in [-0.1, -0.05) is 0 Å². The van der Waals surface area contributed by atoms with E-state index in [1.165, 1.54) is 0 Å². The van der Waals surface area contributed by atoms with Crippen LogP contribution >= 0.6 is 0 Å². The van der Waals surface area contributed by atoms with Crippen LogP contribution in [0.2, 0.25) is 8.45 Å². The SMILES string of the molecule is CC(=O)Oc1ccc(F)[c]([Ti]([c]2c(F)ccc(OC(C)=O)c2F)([CH]2C=CC3=C2CCCC3)[CH]2C=CC3=C2CCCC3)c1F. The molecule has 6 rings (SSSR count). The van der Waals surface area contributed by atoms with Gasteiger partial charge in [0.05, 0.1) is 0 Å². The van der Waals surface area contributed by atoms with Gasteiger partial charge in [-0.25, -0.2) is 0 Å². The first-order valence-electron chi connectivity index (χ1n) is 14.8. The zero-order chi connectivity index (χ0) is 30.5. The van der Waals surface area contributed by atoms with Crippen LogP contribution in [0, 0.1) is 23.3 Å². The van der Waals surface area contributed by atoms with Crippen molar-refractivity contribution in [2.24, 2.45) is 0 Å². The van der Waals surface area contributed by atoms with Crippen LogP contribution in [0.4, 0.5) is 17.6 Å². The monoisotopic (exact) mass is 628 g/mol. The Bertz CT molecular complexity index is 1530. The molecule has 0 spiro atoms. The number of carbonyl (C=O) groups excluding carboxylic acids is 2. The third-order valence-electron chi connectivity index (χ3n) is 9.27. The van der Waals surface area contributed by atoms with Gasteiger partial charge < -0.3 is 0 Å². The Balaban J connectivity index is 1.78. The molecule has 0 heterocycles. The van der Waals surface area contributed by atoms with Crippen molar-refractivity contribution in [3.05, 3.63) is 94.1 Å². The van der Waals surface area contributed by atoms with Crippen LogP contribution in [0.25, 0.3) is 0 Å². The van der Waals surface area contributed by atoms with Crippen LogP contribution in [0.1, 0.15) is 65.2 Å². The van der Waals surface area contributed by atoms with E-state index in [0.717, 1.165) is 98.9 Å². The number of hydrogen-bond acceptors (Lipinski definition) is 4. The molecule has 0 radical (unpaired) electrons. The van der Waals surface area contributed by atoms with Crippen LogP contribution in [-0.4, -0.2) is 11.9 Å². The average molecular weight is 628 g/mol. The summed E-state index contributed by atoms with van der Waals surface area (Å²) >= 11 is -5.24. The minimum absolute atomic E-state index is 0.403. The Morgan fingerprint density at radius 3 is 1.44 bits per heavy atom. The van der Waals surface area contributed by atoms with Crippen LogP contribution in [0.5, 0.6) is 11.5 Å². The van der Waals surface area contributed by atoms with Gasteiger partial charge in [-0.3, -0.25) is 0 Å². The summed E-state index contributed by atoms with van der Waals surface area (Å²) in [5.74, 6) is -6.72. The van der Waals surface area contributed by atoms with Gasteiger partial charge in [0.1, 0.15) is 0 Å². The van der Waals surface area contributed by atoms with Gasteiger partial charge in [0.15, 0.2) is 0 Å². The second kappa shape index (κ2) is 11.7. The number of allylic oxidation sites excluding steroid dienone is 8. The van der Waals surface area contributed by atoms with Crippen LogP contribution in [0.15, 0.2) is 70.9 Å². The van der Waals surface area contributed by atoms with E-state index < -0.39 is 79.5 Å². The van der Waals surface area contributed by atoms with E-state index in [9.17, 15) is 9.59 Å². The predicted octanol–water partition coefficient (Wildman–Crippen LogP) is 7.66. The van der Waals surface area contributed by atoms with E-state index in [4.69, 9.17) is 9.47 Å². The second-order valence-corrected chi connectivity index (χ2v) is 17.9. The van der Waals surface area contributed by atoms with E-state index in [-0.39, 0.29) is 0 Å². The molecule has 4 aliphatic rings. The van der Waals surface area contributed by atoms with Crippen molar-refractivity contribution in [2.75, 3.05) is 0 Å². The predicted molar refractivity (Wildman–Crippen MR) is 151 cm³/mol. The molecule has 0 fully saturated rings. The number of carbonyl (C=O) groups is 2. The summed E-state index contributed by atoms with van der Waals surface area (Å²) < 4.78 is 75.1. The molecule has 0 amide bonds. The van der Waals surface area contributed by atoms with Crippen molar-refractivity contribution in [2.45, 2.75) is 73.7 Å². The van der Waals surface area contributed by atoms with Gasteiger partial charge >= 0.3 is 252 Å². The van der Waals surface area contributed by atoms with Crippen molar-refractivity contribution in [3.63, 3.8) is 0 Å². The summed E-state index contributed by atoms with van der Waals surface area (Å²) in [5.41, 5.74) is 4.00. The normalized spacial score (nSPS) is 21.3. The molecule has 2 aromatic carbocycles. The van der Waals surface area contributed by atoms with Crippen molar-refractivity contribution in [1.82, 2.24) is 0 Å². The van der Waals surface area contributed by atoms with E-state index in [1.54, 1.807) is 0 Å². The Morgan fingerprint density at radius 2 is 1.05 bits per heavy atom. The molecule has 0 aromatic heterocycles. The number of halogens is 4. The Hall–Kier alpha value is -3.23. The molecule has 224 valence electrons. The maximum absolute atomic E-state index is 16.9. The van der Waals surface area contributed by atoms with Gasteiger partial charge in [0.25, 0.3) is 0 Å². The Labute approximate surface area is 251 Å². The van der Waals surface area contributed by atoms with Gasteiger partial charge in [0, 0.05) is 0 Å². The molecule has 4 nitrogen and oxygen atoms in total. The standard InChI is InChI=1S/2C9H11.2C8H5F2O2.Ti/c2*1-2-5-9-7-3-6-8(9)4-1;2*1-5(11)12-8-3-2-6(9)4-7(8)10;/h2*3,6-7H,1-2,4-5H2;2*2-3H,1H3;. The summed E-state index contributed by atoms with van der Waals surface area (Å²) in [4.78, 5) is 23.9. The van der Waals surface area contributed by atoms with E-state index in [1.807, 2.05) is 24.3 Å². The zero-order valence-electron chi connectivity index (χ0n) is 24.1. The average Bonchev–Trinajstić information content (AvgIpc) is 3.60. The molecule has 2 aromatic rings. The van der Waals surface area contributed by atoms with Crippen molar-refractivity contribution >= 4 is 19.7 Å². The first-order chi connectivity index (χ1) is 20.6. The van der Waals surface area contributed by atoms with Crippen LogP contribution in [-0.2, 0) is 26.2 Å². The fraction of sp³-hybridized carbons (Fsp3) is 0.353. The molecule has 0 bridgehead atoms. The first kappa shape index (κ1) is 29.8. The fourth-order valence-electron chi connectivity index (χ4n) is 7.74. The first-order valence-corrected chi connectivity index (χ1v) is 18.1. The molecule has 9 heteroatoms. The zero-order valence-corrected chi connectivity index (χ0v) is 25.6. The second-order valence-electron chi connectivity index (χ2n) is 11.7. The van der Waals surface area contributed by atoms with Crippen molar-refractivity contribution in [3.8, 4) is 11.5 Å².